The van der Waals surface area contributed by atoms with E-state index in [4.69, 9.17) is 4.74 Å². The van der Waals surface area contributed by atoms with Crippen LogP contribution in [0.4, 0.5) is 8.78 Å². The van der Waals surface area contributed by atoms with E-state index in [1.54, 1.807) is 6.07 Å². The molecule has 1 heterocycles. The summed E-state index contributed by atoms with van der Waals surface area (Å²) in [5.41, 5.74) is 0.616. The van der Waals surface area contributed by atoms with Crippen LogP contribution in [-0.4, -0.2) is 12.9 Å². The Morgan fingerprint density at radius 3 is 2.93 bits per heavy atom. The maximum Gasteiger partial charge on any atom is 0.327 e. The molecule has 0 atom stereocenters. The Kier molecular flexibility index (Phi) is 2.42. The predicted octanol–water partition coefficient (Wildman–Crippen LogP) is 2.30. The number of alkyl halides is 2. The Labute approximate surface area is 85.9 Å². The Morgan fingerprint density at radius 2 is 2.20 bits per heavy atom. The van der Waals surface area contributed by atoms with E-state index in [1.165, 1.54) is 12.1 Å². The van der Waals surface area contributed by atoms with Crippen LogP contribution in [0.5, 0.6) is 5.75 Å². The van der Waals surface area contributed by atoms with Crippen LogP contribution in [0.2, 0.25) is 0 Å². The van der Waals surface area contributed by atoms with Crippen molar-refractivity contribution < 1.29 is 18.3 Å². The van der Waals surface area contributed by atoms with E-state index in [1.807, 2.05) is 0 Å². The summed E-state index contributed by atoms with van der Waals surface area (Å²) in [7, 11) is 0. The maximum absolute atomic E-state index is 13.0. The Bertz CT molecular complexity index is 388. The summed E-state index contributed by atoms with van der Waals surface area (Å²) in [6.07, 6.45) is 1.39. The number of fused-ring (bicyclic) bond motifs is 1. The standard InChI is InChI=1S/C11H10F2O2/c12-11(13,7-14)9-4-3-8-2-1-5-15-10(8)6-9/h3-4,6-7H,1-2,5H2. The Hall–Kier alpha value is -1.45. The van der Waals surface area contributed by atoms with Crippen LogP contribution in [0, 0.1) is 0 Å². The highest BCUT2D eigenvalue weighted by Gasteiger charge is 2.31. The lowest BCUT2D eigenvalue weighted by Crippen LogP contribution is -2.16. The quantitative estimate of drug-likeness (QED) is 0.703. The number of hydrogen-bond donors (Lipinski definition) is 0. The van der Waals surface area contributed by atoms with Gasteiger partial charge < -0.3 is 4.74 Å². The van der Waals surface area contributed by atoms with Gasteiger partial charge in [0.15, 0.2) is 6.29 Å². The van der Waals surface area contributed by atoms with Gasteiger partial charge in [0.05, 0.1) is 6.61 Å². The van der Waals surface area contributed by atoms with Crippen LogP contribution in [0.1, 0.15) is 17.5 Å². The largest absolute Gasteiger partial charge is 0.493 e. The number of halogens is 2. The first kappa shape index (κ1) is 10.1. The lowest BCUT2D eigenvalue weighted by molar-refractivity contribution is -0.130. The Morgan fingerprint density at radius 1 is 1.40 bits per heavy atom. The number of carbonyl (C=O) groups excluding carboxylic acids is 1. The highest BCUT2D eigenvalue weighted by atomic mass is 19.3. The summed E-state index contributed by atoms with van der Waals surface area (Å²) >= 11 is 0. The Balaban J connectivity index is 2.40. The molecule has 4 heteroatoms. The molecule has 0 aromatic heterocycles. The van der Waals surface area contributed by atoms with E-state index in [0.29, 0.717) is 12.4 Å². The van der Waals surface area contributed by atoms with E-state index in [0.717, 1.165) is 18.4 Å². The van der Waals surface area contributed by atoms with Crippen molar-refractivity contribution in [1.29, 1.82) is 0 Å². The molecular formula is C11H10F2O2. The van der Waals surface area contributed by atoms with Crippen LogP contribution in [-0.2, 0) is 17.1 Å². The molecule has 0 radical (unpaired) electrons. The topological polar surface area (TPSA) is 26.3 Å². The van der Waals surface area contributed by atoms with Gasteiger partial charge in [0.2, 0.25) is 0 Å². The normalized spacial score (nSPS) is 15.3. The number of aldehydes is 1. The van der Waals surface area contributed by atoms with Crippen LogP contribution in [0.3, 0.4) is 0 Å². The smallest absolute Gasteiger partial charge is 0.327 e. The zero-order valence-electron chi connectivity index (χ0n) is 8.00. The molecule has 15 heavy (non-hydrogen) atoms. The zero-order chi connectivity index (χ0) is 10.9. The van der Waals surface area contributed by atoms with E-state index in [9.17, 15) is 13.6 Å². The molecule has 0 N–H and O–H groups in total. The van der Waals surface area contributed by atoms with Crippen LogP contribution in [0.15, 0.2) is 18.2 Å². The molecule has 0 aliphatic carbocycles. The van der Waals surface area contributed by atoms with Gasteiger partial charge in [-0.1, -0.05) is 12.1 Å². The van der Waals surface area contributed by atoms with Crippen molar-refractivity contribution in [3.05, 3.63) is 29.3 Å². The van der Waals surface area contributed by atoms with Crippen LogP contribution < -0.4 is 4.74 Å². The lowest BCUT2D eigenvalue weighted by atomic mass is 10.0. The third kappa shape index (κ3) is 1.84. The summed E-state index contributed by atoms with van der Waals surface area (Å²) in [5, 5.41) is 0. The summed E-state index contributed by atoms with van der Waals surface area (Å²) in [5.74, 6) is -2.95. The molecule has 0 bridgehead atoms. The minimum absolute atomic E-state index is 0.307. The molecular weight excluding hydrogens is 202 g/mol. The summed E-state index contributed by atoms with van der Waals surface area (Å²) in [6.45, 7) is 0.545. The molecule has 1 aliphatic rings. The fourth-order valence-electron chi connectivity index (χ4n) is 1.62. The third-order valence-corrected chi connectivity index (χ3v) is 2.45. The fraction of sp³-hybridized carbons (Fsp3) is 0.364. The summed E-state index contributed by atoms with van der Waals surface area (Å²) in [6, 6.07) is 4.13. The first-order valence-corrected chi connectivity index (χ1v) is 4.74. The second-order valence-corrected chi connectivity index (χ2v) is 3.52. The molecule has 2 rings (SSSR count). The van der Waals surface area contributed by atoms with Crippen molar-refractivity contribution in [2.24, 2.45) is 0 Å². The molecule has 0 fully saturated rings. The molecule has 1 aromatic rings. The molecule has 2 nitrogen and oxygen atoms in total. The maximum atomic E-state index is 13.0. The van der Waals surface area contributed by atoms with Crippen molar-refractivity contribution in [1.82, 2.24) is 0 Å². The second kappa shape index (κ2) is 3.61. The number of hydrogen-bond acceptors (Lipinski definition) is 2. The zero-order valence-corrected chi connectivity index (χ0v) is 8.00. The van der Waals surface area contributed by atoms with E-state index >= 15 is 0 Å². The predicted molar refractivity (Wildman–Crippen MR) is 50.2 cm³/mol. The van der Waals surface area contributed by atoms with Gasteiger partial charge in [-0.15, -0.1) is 0 Å². The van der Waals surface area contributed by atoms with E-state index in [2.05, 4.69) is 0 Å². The number of rotatable bonds is 2. The third-order valence-electron chi connectivity index (χ3n) is 2.45. The first-order chi connectivity index (χ1) is 7.13. The van der Waals surface area contributed by atoms with E-state index in [-0.39, 0.29) is 11.8 Å². The highest BCUT2D eigenvalue weighted by molar-refractivity contribution is 5.64. The number of aryl methyl sites for hydroxylation is 1. The SMILES string of the molecule is O=CC(F)(F)c1ccc2c(c1)OCCC2. The fourth-order valence-corrected chi connectivity index (χ4v) is 1.62. The van der Waals surface area contributed by atoms with Crippen molar-refractivity contribution >= 4 is 6.29 Å². The van der Waals surface area contributed by atoms with E-state index < -0.39 is 5.92 Å². The number of benzene rings is 1. The first-order valence-electron chi connectivity index (χ1n) is 4.74. The van der Waals surface area contributed by atoms with Crippen molar-refractivity contribution in [2.45, 2.75) is 18.8 Å². The monoisotopic (exact) mass is 212 g/mol. The molecule has 1 aliphatic heterocycles. The van der Waals surface area contributed by atoms with Crippen molar-refractivity contribution in [3.63, 3.8) is 0 Å². The molecule has 0 saturated heterocycles. The molecule has 0 unspecified atom stereocenters. The molecule has 80 valence electrons. The second-order valence-electron chi connectivity index (χ2n) is 3.52. The van der Waals surface area contributed by atoms with Gasteiger partial charge in [0.25, 0.3) is 0 Å². The molecule has 0 spiro atoms. The van der Waals surface area contributed by atoms with Crippen molar-refractivity contribution in [2.75, 3.05) is 6.61 Å². The number of carbonyl (C=O) groups is 1. The van der Waals surface area contributed by atoms with Crippen molar-refractivity contribution in [3.8, 4) is 5.75 Å². The van der Waals surface area contributed by atoms with Gasteiger partial charge in [0, 0.05) is 5.56 Å². The molecule has 1 aromatic carbocycles. The van der Waals surface area contributed by atoms with Gasteiger partial charge in [0.1, 0.15) is 5.75 Å². The van der Waals surface area contributed by atoms with Crippen LogP contribution >= 0.6 is 0 Å². The molecule has 0 amide bonds. The minimum atomic E-state index is -3.42. The van der Waals surface area contributed by atoms with Gasteiger partial charge in [-0.25, -0.2) is 0 Å². The highest BCUT2D eigenvalue weighted by Crippen LogP contribution is 2.32. The summed E-state index contributed by atoms with van der Waals surface area (Å²) in [4.78, 5) is 10.2. The van der Waals surface area contributed by atoms with Gasteiger partial charge in [-0.3, -0.25) is 4.79 Å². The molecule has 0 saturated carbocycles. The lowest BCUT2D eigenvalue weighted by Gasteiger charge is -2.19. The van der Waals surface area contributed by atoms with Crippen LogP contribution in [0.25, 0.3) is 0 Å². The number of ether oxygens (including phenoxy) is 1. The summed E-state index contributed by atoms with van der Waals surface area (Å²) < 4.78 is 31.3. The average Bonchev–Trinajstić information content (AvgIpc) is 2.28. The van der Waals surface area contributed by atoms with Gasteiger partial charge in [-0.2, -0.15) is 8.78 Å². The van der Waals surface area contributed by atoms with Gasteiger partial charge >= 0.3 is 5.92 Å². The average molecular weight is 212 g/mol. The minimum Gasteiger partial charge on any atom is -0.493 e. The van der Waals surface area contributed by atoms with Gasteiger partial charge in [-0.05, 0) is 24.5 Å².